The first-order valence-electron chi connectivity index (χ1n) is 5.95. The Morgan fingerprint density at radius 2 is 2.35 bits per heavy atom. The van der Waals surface area contributed by atoms with Crippen molar-refractivity contribution in [3.8, 4) is 0 Å². The summed E-state index contributed by atoms with van der Waals surface area (Å²) >= 11 is 0. The highest BCUT2D eigenvalue weighted by Gasteiger charge is 2.14. The second kappa shape index (κ2) is 5.19. The van der Waals surface area contributed by atoms with Gasteiger partial charge < -0.3 is 9.73 Å². The molecule has 4 nitrogen and oxygen atoms in total. The number of hydrogen-bond acceptors (Lipinski definition) is 3. The molecular formula is C13H19N3O. The molecule has 0 aliphatic rings. The Balaban J connectivity index is 2.15. The minimum atomic E-state index is 0.272. The smallest absolute Gasteiger partial charge is 0.0950 e. The molecule has 2 aromatic rings. The van der Waals surface area contributed by atoms with Gasteiger partial charge in [0.2, 0.25) is 0 Å². The summed E-state index contributed by atoms with van der Waals surface area (Å²) in [6, 6.07) is 4.44. The SMILES string of the molecule is CCc1cc(CC(NC)c2ccoc2)n(C)n1. The number of rotatable bonds is 5. The van der Waals surface area contributed by atoms with Crippen molar-refractivity contribution >= 4 is 0 Å². The molecule has 1 atom stereocenters. The molecule has 92 valence electrons. The normalized spacial score (nSPS) is 12.9. The quantitative estimate of drug-likeness (QED) is 0.859. The molecule has 0 aliphatic carbocycles. The van der Waals surface area contributed by atoms with Gasteiger partial charge in [0.25, 0.3) is 0 Å². The Labute approximate surface area is 102 Å². The molecule has 2 rings (SSSR count). The number of nitrogens with zero attached hydrogens (tertiary/aromatic N) is 2. The van der Waals surface area contributed by atoms with Gasteiger partial charge in [0.15, 0.2) is 0 Å². The zero-order chi connectivity index (χ0) is 12.3. The van der Waals surface area contributed by atoms with Crippen LogP contribution in [0.5, 0.6) is 0 Å². The van der Waals surface area contributed by atoms with Crippen LogP contribution in [0.4, 0.5) is 0 Å². The van der Waals surface area contributed by atoms with E-state index >= 15 is 0 Å². The van der Waals surface area contributed by atoms with Crippen LogP contribution in [-0.2, 0) is 19.9 Å². The van der Waals surface area contributed by atoms with Crippen LogP contribution in [0.1, 0.15) is 29.9 Å². The first-order valence-corrected chi connectivity index (χ1v) is 5.95. The minimum Gasteiger partial charge on any atom is -0.472 e. The Bertz CT molecular complexity index is 459. The summed E-state index contributed by atoms with van der Waals surface area (Å²) in [5, 5.41) is 7.77. The van der Waals surface area contributed by atoms with Crippen LogP contribution in [0.2, 0.25) is 0 Å². The second-order valence-corrected chi connectivity index (χ2v) is 4.21. The molecule has 17 heavy (non-hydrogen) atoms. The summed E-state index contributed by atoms with van der Waals surface area (Å²) in [6.07, 6.45) is 5.39. The Kier molecular flexibility index (Phi) is 3.64. The van der Waals surface area contributed by atoms with E-state index in [4.69, 9.17) is 4.42 Å². The van der Waals surface area contributed by atoms with Gasteiger partial charge in [0, 0.05) is 30.8 Å². The predicted octanol–water partition coefficient (Wildman–Crippen LogP) is 2.08. The fraction of sp³-hybridized carbons (Fsp3) is 0.462. The van der Waals surface area contributed by atoms with Gasteiger partial charge in [-0.3, -0.25) is 4.68 Å². The molecule has 1 N–H and O–H groups in total. The summed E-state index contributed by atoms with van der Waals surface area (Å²) in [7, 11) is 3.96. The average molecular weight is 233 g/mol. The van der Waals surface area contributed by atoms with Crippen LogP contribution >= 0.6 is 0 Å². The fourth-order valence-corrected chi connectivity index (χ4v) is 2.00. The third-order valence-electron chi connectivity index (χ3n) is 3.10. The van der Waals surface area contributed by atoms with E-state index in [-0.39, 0.29) is 6.04 Å². The van der Waals surface area contributed by atoms with E-state index in [0.29, 0.717) is 0 Å². The molecule has 1 unspecified atom stereocenters. The fourth-order valence-electron chi connectivity index (χ4n) is 2.00. The molecule has 2 aromatic heterocycles. The van der Waals surface area contributed by atoms with E-state index in [0.717, 1.165) is 18.5 Å². The standard InChI is InChI=1S/C13H19N3O/c1-4-11-7-12(16(3)15-11)8-13(14-2)10-5-6-17-9-10/h5-7,9,13-14H,4,8H2,1-3H3. The zero-order valence-electron chi connectivity index (χ0n) is 10.6. The summed E-state index contributed by atoms with van der Waals surface area (Å²) < 4.78 is 7.09. The number of nitrogens with one attached hydrogen (secondary N) is 1. The van der Waals surface area contributed by atoms with Crippen molar-refractivity contribution in [2.45, 2.75) is 25.8 Å². The molecule has 0 aromatic carbocycles. The maximum atomic E-state index is 5.13. The largest absolute Gasteiger partial charge is 0.472 e. The van der Waals surface area contributed by atoms with Crippen molar-refractivity contribution in [3.05, 3.63) is 41.6 Å². The lowest BCUT2D eigenvalue weighted by Crippen LogP contribution is -2.19. The molecule has 2 heterocycles. The molecule has 0 amide bonds. The lowest BCUT2D eigenvalue weighted by molar-refractivity contribution is 0.532. The van der Waals surface area contributed by atoms with Crippen molar-refractivity contribution in [1.29, 1.82) is 0 Å². The third kappa shape index (κ3) is 2.58. The summed E-state index contributed by atoms with van der Waals surface area (Å²) in [5.74, 6) is 0. The van der Waals surface area contributed by atoms with Crippen LogP contribution in [0.3, 0.4) is 0 Å². The lowest BCUT2D eigenvalue weighted by Gasteiger charge is -2.14. The van der Waals surface area contributed by atoms with E-state index in [2.05, 4.69) is 23.4 Å². The molecule has 0 fully saturated rings. The van der Waals surface area contributed by atoms with Gasteiger partial charge in [-0.1, -0.05) is 6.92 Å². The van der Waals surface area contributed by atoms with Crippen LogP contribution in [0.15, 0.2) is 29.1 Å². The first kappa shape index (κ1) is 11.9. The van der Waals surface area contributed by atoms with Gasteiger partial charge in [-0.2, -0.15) is 5.10 Å². The molecule has 0 saturated carbocycles. The van der Waals surface area contributed by atoms with Crippen molar-refractivity contribution < 1.29 is 4.42 Å². The van der Waals surface area contributed by atoms with E-state index in [1.807, 2.05) is 24.8 Å². The number of hydrogen-bond donors (Lipinski definition) is 1. The predicted molar refractivity (Wildman–Crippen MR) is 66.8 cm³/mol. The van der Waals surface area contributed by atoms with Gasteiger partial charge >= 0.3 is 0 Å². The Morgan fingerprint density at radius 3 is 2.88 bits per heavy atom. The molecule has 0 bridgehead atoms. The van der Waals surface area contributed by atoms with E-state index < -0.39 is 0 Å². The third-order valence-corrected chi connectivity index (χ3v) is 3.10. The first-order chi connectivity index (χ1) is 8.24. The summed E-state index contributed by atoms with van der Waals surface area (Å²) in [4.78, 5) is 0. The Hall–Kier alpha value is -1.55. The maximum Gasteiger partial charge on any atom is 0.0950 e. The minimum absolute atomic E-state index is 0.272. The van der Waals surface area contributed by atoms with Gasteiger partial charge in [-0.05, 0) is 25.6 Å². The van der Waals surface area contributed by atoms with Gasteiger partial charge in [-0.25, -0.2) is 0 Å². The number of aromatic nitrogens is 2. The highest BCUT2D eigenvalue weighted by Crippen LogP contribution is 2.18. The molecule has 0 saturated heterocycles. The Morgan fingerprint density at radius 1 is 1.53 bits per heavy atom. The van der Waals surface area contributed by atoms with Gasteiger partial charge in [0.1, 0.15) is 0 Å². The highest BCUT2D eigenvalue weighted by molar-refractivity contribution is 5.18. The molecular weight excluding hydrogens is 214 g/mol. The van der Waals surface area contributed by atoms with Crippen LogP contribution < -0.4 is 5.32 Å². The molecule has 0 spiro atoms. The summed E-state index contributed by atoms with van der Waals surface area (Å²) in [6.45, 7) is 2.12. The van der Waals surface area contributed by atoms with E-state index in [1.54, 1.807) is 12.5 Å². The number of furan rings is 1. The zero-order valence-corrected chi connectivity index (χ0v) is 10.6. The highest BCUT2D eigenvalue weighted by atomic mass is 16.3. The molecule has 0 aliphatic heterocycles. The van der Waals surface area contributed by atoms with Crippen molar-refractivity contribution in [2.24, 2.45) is 7.05 Å². The lowest BCUT2D eigenvalue weighted by atomic mass is 10.1. The van der Waals surface area contributed by atoms with Gasteiger partial charge in [-0.15, -0.1) is 0 Å². The van der Waals surface area contributed by atoms with Crippen molar-refractivity contribution in [2.75, 3.05) is 7.05 Å². The average Bonchev–Trinajstić information content (AvgIpc) is 2.96. The van der Waals surface area contributed by atoms with Crippen LogP contribution in [-0.4, -0.2) is 16.8 Å². The molecule has 4 heteroatoms. The van der Waals surface area contributed by atoms with Crippen molar-refractivity contribution in [3.63, 3.8) is 0 Å². The second-order valence-electron chi connectivity index (χ2n) is 4.21. The summed E-state index contributed by atoms with van der Waals surface area (Å²) in [5.41, 5.74) is 3.55. The monoisotopic (exact) mass is 233 g/mol. The molecule has 0 radical (unpaired) electrons. The van der Waals surface area contributed by atoms with E-state index in [1.165, 1.54) is 11.3 Å². The van der Waals surface area contributed by atoms with Crippen LogP contribution in [0.25, 0.3) is 0 Å². The number of aryl methyl sites for hydroxylation is 2. The van der Waals surface area contributed by atoms with Gasteiger partial charge in [0.05, 0.1) is 18.2 Å². The maximum absolute atomic E-state index is 5.13. The topological polar surface area (TPSA) is 43.0 Å². The van der Waals surface area contributed by atoms with E-state index in [9.17, 15) is 0 Å². The van der Waals surface area contributed by atoms with Crippen molar-refractivity contribution in [1.82, 2.24) is 15.1 Å². The number of likely N-dealkylation sites (N-methyl/N-ethyl adjacent to an activating group) is 1. The van der Waals surface area contributed by atoms with Crippen LogP contribution in [0, 0.1) is 0 Å².